The molecule has 23 heavy (non-hydrogen) atoms. The van der Waals surface area contributed by atoms with Gasteiger partial charge in [0.25, 0.3) is 0 Å². The molecule has 8 heteroatoms. The summed E-state index contributed by atoms with van der Waals surface area (Å²) in [5.74, 6) is 1.50. The fourth-order valence-corrected chi connectivity index (χ4v) is 2.48. The van der Waals surface area contributed by atoms with Crippen molar-refractivity contribution in [2.24, 2.45) is 0 Å². The van der Waals surface area contributed by atoms with Crippen LogP contribution in [0.5, 0.6) is 0 Å². The molecule has 1 aromatic carbocycles. The van der Waals surface area contributed by atoms with Gasteiger partial charge in [0.05, 0.1) is 18.1 Å². The van der Waals surface area contributed by atoms with Gasteiger partial charge < -0.3 is 15.8 Å². The molecule has 3 N–H and O–H groups in total. The van der Waals surface area contributed by atoms with Gasteiger partial charge in [0, 0.05) is 5.69 Å². The summed E-state index contributed by atoms with van der Waals surface area (Å²) >= 11 is 1.37. The number of hydrogen-bond donors (Lipinski definition) is 2. The molecule has 0 unspecified atom stereocenters. The normalized spacial score (nSPS) is 10.3. The molecular formula is C15H19N5O2S. The maximum Gasteiger partial charge on any atom is 0.315 e. The van der Waals surface area contributed by atoms with Crippen LogP contribution in [0.3, 0.4) is 0 Å². The van der Waals surface area contributed by atoms with Crippen LogP contribution < -0.4 is 11.1 Å². The first-order chi connectivity index (χ1) is 11.1. The van der Waals surface area contributed by atoms with Crippen LogP contribution in [0.1, 0.15) is 18.3 Å². The molecule has 2 rings (SSSR count). The van der Waals surface area contributed by atoms with Crippen LogP contribution in [0.2, 0.25) is 0 Å². The molecule has 0 fully saturated rings. The molecule has 0 amide bonds. The summed E-state index contributed by atoms with van der Waals surface area (Å²) in [4.78, 5) is 23.8. The standard InChI is InChI=1S/C15H19N5O2S/c1-3-22-13(21)9-23-8-12-18-14(16)20-15(19-12)17-11-7-5-4-6-10(11)2/h4-7H,3,8-9H2,1-2H3,(H3,16,17,18,19,20). The Balaban J connectivity index is 2.01. The molecule has 0 aliphatic carbocycles. The summed E-state index contributed by atoms with van der Waals surface area (Å²) < 4.78 is 4.87. The fraction of sp³-hybridized carbons (Fsp3) is 0.333. The van der Waals surface area contributed by atoms with E-state index in [1.807, 2.05) is 31.2 Å². The van der Waals surface area contributed by atoms with Crippen molar-refractivity contribution in [1.82, 2.24) is 15.0 Å². The van der Waals surface area contributed by atoms with Crippen LogP contribution in [-0.2, 0) is 15.3 Å². The van der Waals surface area contributed by atoms with Crippen LogP contribution in [0, 0.1) is 6.92 Å². The van der Waals surface area contributed by atoms with E-state index in [9.17, 15) is 4.79 Å². The second kappa shape index (κ2) is 8.33. The van der Waals surface area contributed by atoms with Gasteiger partial charge in [0.1, 0.15) is 5.82 Å². The molecule has 0 aliphatic rings. The maximum absolute atomic E-state index is 11.3. The minimum absolute atomic E-state index is 0.141. The maximum atomic E-state index is 11.3. The highest BCUT2D eigenvalue weighted by atomic mass is 32.2. The van der Waals surface area contributed by atoms with E-state index in [-0.39, 0.29) is 17.7 Å². The molecule has 7 nitrogen and oxygen atoms in total. The van der Waals surface area contributed by atoms with E-state index in [0.29, 0.717) is 24.1 Å². The number of hydrogen-bond acceptors (Lipinski definition) is 8. The smallest absolute Gasteiger partial charge is 0.315 e. The number of aromatic nitrogens is 3. The number of anilines is 3. The molecule has 0 radical (unpaired) electrons. The number of nitrogens with one attached hydrogen (secondary N) is 1. The number of ether oxygens (including phenoxy) is 1. The third kappa shape index (κ3) is 5.41. The van der Waals surface area contributed by atoms with E-state index >= 15 is 0 Å². The van der Waals surface area contributed by atoms with E-state index in [0.717, 1.165) is 11.3 Å². The van der Waals surface area contributed by atoms with E-state index < -0.39 is 0 Å². The van der Waals surface area contributed by atoms with Crippen LogP contribution in [0.25, 0.3) is 0 Å². The van der Waals surface area contributed by atoms with Crippen molar-refractivity contribution in [3.05, 3.63) is 35.7 Å². The molecular weight excluding hydrogens is 314 g/mol. The molecule has 0 saturated carbocycles. The largest absolute Gasteiger partial charge is 0.465 e. The Kier molecular flexibility index (Phi) is 6.16. The Bertz CT molecular complexity index is 681. The van der Waals surface area contributed by atoms with E-state index in [4.69, 9.17) is 10.5 Å². The summed E-state index contributed by atoms with van der Waals surface area (Å²) in [5, 5.41) is 3.13. The lowest BCUT2D eigenvalue weighted by atomic mass is 10.2. The average molecular weight is 333 g/mol. The number of carbonyl (C=O) groups excluding carboxylic acids is 1. The minimum Gasteiger partial charge on any atom is -0.465 e. The second-order valence-electron chi connectivity index (χ2n) is 4.67. The summed E-state index contributed by atoms with van der Waals surface area (Å²) in [6.45, 7) is 4.14. The monoisotopic (exact) mass is 333 g/mol. The zero-order valence-corrected chi connectivity index (χ0v) is 13.9. The highest BCUT2D eigenvalue weighted by molar-refractivity contribution is 7.99. The van der Waals surface area contributed by atoms with Crippen molar-refractivity contribution in [3.8, 4) is 0 Å². The number of para-hydroxylation sites is 1. The van der Waals surface area contributed by atoms with Gasteiger partial charge in [-0.05, 0) is 25.5 Å². The van der Waals surface area contributed by atoms with Gasteiger partial charge >= 0.3 is 5.97 Å². The summed E-state index contributed by atoms with van der Waals surface area (Å²) in [5.41, 5.74) is 7.71. The lowest BCUT2D eigenvalue weighted by Gasteiger charge is -2.09. The first-order valence-corrected chi connectivity index (χ1v) is 8.30. The van der Waals surface area contributed by atoms with Crippen molar-refractivity contribution in [2.45, 2.75) is 19.6 Å². The Morgan fingerprint density at radius 2 is 2.09 bits per heavy atom. The summed E-state index contributed by atoms with van der Waals surface area (Å²) in [6, 6.07) is 7.81. The number of rotatable bonds is 7. The number of carbonyl (C=O) groups is 1. The molecule has 0 saturated heterocycles. The lowest BCUT2D eigenvalue weighted by Crippen LogP contribution is -2.09. The SMILES string of the molecule is CCOC(=O)CSCc1nc(N)nc(Nc2ccccc2C)n1. The molecule has 0 spiro atoms. The summed E-state index contributed by atoms with van der Waals surface area (Å²) in [7, 11) is 0. The zero-order valence-electron chi connectivity index (χ0n) is 13.1. The molecule has 2 aromatic rings. The van der Waals surface area contributed by atoms with Gasteiger partial charge in [0.15, 0.2) is 0 Å². The summed E-state index contributed by atoms with van der Waals surface area (Å²) in [6.07, 6.45) is 0. The van der Waals surface area contributed by atoms with Gasteiger partial charge in [-0.1, -0.05) is 18.2 Å². The highest BCUT2D eigenvalue weighted by Gasteiger charge is 2.08. The van der Waals surface area contributed by atoms with Crippen LogP contribution in [0.15, 0.2) is 24.3 Å². The predicted molar refractivity (Wildman–Crippen MR) is 91.5 cm³/mol. The van der Waals surface area contributed by atoms with Crippen LogP contribution >= 0.6 is 11.8 Å². The number of nitrogens with zero attached hydrogens (tertiary/aromatic N) is 3. The van der Waals surface area contributed by atoms with Crippen molar-refractivity contribution in [3.63, 3.8) is 0 Å². The third-order valence-corrected chi connectivity index (χ3v) is 3.75. The quantitative estimate of drug-likeness (QED) is 0.744. The Morgan fingerprint density at radius 1 is 1.30 bits per heavy atom. The van der Waals surface area contributed by atoms with E-state index in [1.54, 1.807) is 6.92 Å². The van der Waals surface area contributed by atoms with E-state index in [2.05, 4.69) is 20.3 Å². The number of thioether (sulfide) groups is 1. The van der Waals surface area contributed by atoms with Gasteiger partial charge in [-0.2, -0.15) is 15.0 Å². The second-order valence-corrected chi connectivity index (χ2v) is 5.66. The van der Waals surface area contributed by atoms with Gasteiger partial charge in [-0.25, -0.2) is 0 Å². The highest BCUT2D eigenvalue weighted by Crippen LogP contribution is 2.18. The molecule has 122 valence electrons. The molecule has 0 bridgehead atoms. The first-order valence-electron chi connectivity index (χ1n) is 7.15. The van der Waals surface area contributed by atoms with Crippen molar-refractivity contribution >= 4 is 35.3 Å². The van der Waals surface area contributed by atoms with Gasteiger partial charge in [-0.15, -0.1) is 11.8 Å². The van der Waals surface area contributed by atoms with Crippen molar-refractivity contribution < 1.29 is 9.53 Å². The Labute approximate surface area is 139 Å². The third-order valence-electron chi connectivity index (χ3n) is 2.85. The lowest BCUT2D eigenvalue weighted by molar-refractivity contribution is -0.139. The van der Waals surface area contributed by atoms with Crippen molar-refractivity contribution in [1.29, 1.82) is 0 Å². The topological polar surface area (TPSA) is 103 Å². The number of nitrogens with two attached hydrogens (primary N) is 1. The van der Waals surface area contributed by atoms with Gasteiger partial charge in [0.2, 0.25) is 11.9 Å². The minimum atomic E-state index is -0.252. The van der Waals surface area contributed by atoms with Crippen LogP contribution in [0.4, 0.5) is 17.6 Å². The predicted octanol–water partition coefficient (Wildman–Crippen LogP) is 2.30. The van der Waals surface area contributed by atoms with Gasteiger partial charge in [-0.3, -0.25) is 4.79 Å². The first kappa shape index (κ1) is 17.0. The number of benzene rings is 1. The van der Waals surface area contributed by atoms with Crippen molar-refractivity contribution in [2.75, 3.05) is 23.4 Å². The number of nitrogen functional groups attached to an aromatic ring is 1. The fourth-order valence-electron chi connectivity index (χ4n) is 1.82. The number of aryl methyl sites for hydroxylation is 1. The Morgan fingerprint density at radius 3 is 2.83 bits per heavy atom. The molecule has 1 aromatic heterocycles. The van der Waals surface area contributed by atoms with Crippen LogP contribution in [-0.4, -0.2) is 33.3 Å². The molecule has 1 heterocycles. The molecule has 0 atom stereocenters. The van der Waals surface area contributed by atoms with E-state index in [1.165, 1.54) is 11.8 Å². The number of esters is 1. The Hall–Kier alpha value is -2.35. The average Bonchev–Trinajstić information content (AvgIpc) is 2.49. The molecule has 0 aliphatic heterocycles. The zero-order chi connectivity index (χ0) is 16.7.